The van der Waals surface area contributed by atoms with Crippen LogP contribution in [0.25, 0.3) is 0 Å². The zero-order valence-corrected chi connectivity index (χ0v) is 11.7. The molecule has 1 saturated heterocycles. The number of aliphatic hydroxyl groups is 1. The van der Waals surface area contributed by atoms with E-state index in [-0.39, 0.29) is 36.0 Å². The van der Waals surface area contributed by atoms with Gasteiger partial charge in [0.1, 0.15) is 0 Å². The summed E-state index contributed by atoms with van der Waals surface area (Å²) in [5.41, 5.74) is -0.0618. The second-order valence-electron chi connectivity index (χ2n) is 6.20. The average molecular weight is 273 g/mol. The van der Waals surface area contributed by atoms with Gasteiger partial charge in [-0.25, -0.2) is 0 Å². The molecule has 0 aromatic heterocycles. The van der Waals surface area contributed by atoms with Crippen LogP contribution in [0.5, 0.6) is 0 Å². The quantitative estimate of drug-likeness (QED) is 0.741. The summed E-state index contributed by atoms with van der Waals surface area (Å²) >= 11 is 0. The summed E-state index contributed by atoms with van der Waals surface area (Å²) in [5.74, 6) is 2.58. The van der Waals surface area contributed by atoms with Crippen LogP contribution in [-0.2, 0) is 9.59 Å². The summed E-state index contributed by atoms with van der Waals surface area (Å²) in [6.07, 6.45) is 8.38. The number of nitrogens with zero attached hydrogens (tertiary/aromatic N) is 1. The Hall–Kier alpha value is -1.76. The molecular weight excluding hydrogens is 254 g/mol. The number of ketones is 1. The lowest BCUT2D eigenvalue weighted by atomic mass is 9.62. The fraction of sp³-hybridized carbons (Fsp3) is 0.625. The maximum atomic E-state index is 12.7. The Labute approximate surface area is 118 Å². The molecule has 0 aromatic carbocycles. The Morgan fingerprint density at radius 2 is 2.15 bits per heavy atom. The van der Waals surface area contributed by atoms with Crippen LogP contribution in [0.4, 0.5) is 0 Å². The number of terminal acetylenes is 1. The number of Topliss-reactive ketones (excluding diaryl/α,β-unsaturated/α-hetero) is 1. The molecule has 3 atom stereocenters. The van der Waals surface area contributed by atoms with Gasteiger partial charge in [0.15, 0.2) is 5.78 Å². The molecule has 0 unspecified atom stereocenters. The van der Waals surface area contributed by atoms with Gasteiger partial charge in [0.05, 0.1) is 12.3 Å². The van der Waals surface area contributed by atoms with Crippen molar-refractivity contribution in [2.24, 2.45) is 11.3 Å². The van der Waals surface area contributed by atoms with Crippen LogP contribution in [0.15, 0.2) is 11.3 Å². The molecule has 2 aliphatic carbocycles. The van der Waals surface area contributed by atoms with Gasteiger partial charge in [0.25, 0.3) is 0 Å². The van der Waals surface area contributed by atoms with E-state index in [4.69, 9.17) is 6.42 Å². The van der Waals surface area contributed by atoms with Crippen LogP contribution >= 0.6 is 0 Å². The van der Waals surface area contributed by atoms with Crippen molar-refractivity contribution in [2.75, 3.05) is 6.54 Å². The van der Waals surface area contributed by atoms with Crippen LogP contribution in [0.2, 0.25) is 0 Å². The van der Waals surface area contributed by atoms with E-state index < -0.39 is 5.41 Å². The van der Waals surface area contributed by atoms with Gasteiger partial charge in [-0.2, -0.15) is 0 Å². The molecule has 2 fully saturated rings. The highest BCUT2D eigenvalue weighted by Crippen LogP contribution is 2.56. The van der Waals surface area contributed by atoms with Gasteiger partial charge in [-0.05, 0) is 19.3 Å². The van der Waals surface area contributed by atoms with Crippen molar-refractivity contribution < 1.29 is 14.7 Å². The Balaban J connectivity index is 2.17. The number of rotatable bonds is 1. The van der Waals surface area contributed by atoms with Crippen molar-refractivity contribution in [3.63, 3.8) is 0 Å². The van der Waals surface area contributed by atoms with Crippen molar-refractivity contribution in [3.8, 4) is 12.3 Å². The number of amides is 1. The predicted octanol–water partition coefficient (Wildman–Crippen LogP) is 1.81. The van der Waals surface area contributed by atoms with Crippen molar-refractivity contribution >= 4 is 11.7 Å². The normalized spacial score (nSPS) is 36.7. The van der Waals surface area contributed by atoms with Gasteiger partial charge in [-0.1, -0.05) is 12.8 Å². The highest BCUT2D eigenvalue weighted by molar-refractivity contribution is 6.01. The first kappa shape index (κ1) is 13.2. The third kappa shape index (κ3) is 1.49. The van der Waals surface area contributed by atoms with Gasteiger partial charge < -0.3 is 10.0 Å². The van der Waals surface area contributed by atoms with E-state index in [1.54, 1.807) is 4.90 Å². The highest BCUT2D eigenvalue weighted by atomic mass is 16.3. The fourth-order valence-electron chi connectivity index (χ4n) is 4.44. The molecule has 0 bridgehead atoms. The Kier molecular flexibility index (Phi) is 2.89. The number of likely N-dealkylation sites (tertiary alicyclic amines) is 1. The summed E-state index contributed by atoms with van der Waals surface area (Å²) in [6.45, 7) is 2.25. The number of carbonyl (C=O) groups excluding carboxylic acids is 2. The molecule has 3 aliphatic rings. The van der Waals surface area contributed by atoms with Crippen molar-refractivity contribution in [1.82, 2.24) is 4.90 Å². The average Bonchev–Trinajstić information content (AvgIpc) is 2.52. The van der Waals surface area contributed by atoms with Gasteiger partial charge in [-0.15, -0.1) is 6.42 Å². The van der Waals surface area contributed by atoms with Gasteiger partial charge in [0.2, 0.25) is 5.91 Å². The molecule has 0 radical (unpaired) electrons. The highest BCUT2D eigenvalue weighted by Gasteiger charge is 2.61. The first-order valence-electron chi connectivity index (χ1n) is 7.21. The molecule has 20 heavy (non-hydrogen) atoms. The fourth-order valence-corrected chi connectivity index (χ4v) is 4.44. The van der Waals surface area contributed by atoms with Crippen molar-refractivity contribution in [3.05, 3.63) is 11.3 Å². The van der Waals surface area contributed by atoms with E-state index in [0.717, 1.165) is 6.42 Å². The lowest BCUT2D eigenvalue weighted by Crippen LogP contribution is -2.46. The lowest BCUT2D eigenvalue weighted by Gasteiger charge is -2.41. The molecule has 1 heterocycles. The van der Waals surface area contributed by atoms with Crippen molar-refractivity contribution in [2.45, 2.75) is 45.1 Å². The lowest BCUT2D eigenvalue weighted by molar-refractivity contribution is -0.131. The summed E-state index contributed by atoms with van der Waals surface area (Å²) in [6, 6.07) is -0.0519. The van der Waals surface area contributed by atoms with E-state index in [1.807, 2.05) is 6.92 Å². The topological polar surface area (TPSA) is 57.6 Å². The molecule has 106 valence electrons. The zero-order chi connectivity index (χ0) is 14.5. The Morgan fingerprint density at radius 3 is 2.85 bits per heavy atom. The first-order valence-corrected chi connectivity index (χ1v) is 7.21. The zero-order valence-electron chi connectivity index (χ0n) is 11.7. The third-order valence-electron chi connectivity index (χ3n) is 5.29. The number of hydrogen-bond acceptors (Lipinski definition) is 3. The number of aliphatic hydroxyl groups excluding tert-OH is 1. The summed E-state index contributed by atoms with van der Waals surface area (Å²) in [5, 5.41) is 10.3. The van der Waals surface area contributed by atoms with Crippen LogP contribution in [-0.4, -0.2) is 34.3 Å². The van der Waals surface area contributed by atoms with Crippen LogP contribution in [0.3, 0.4) is 0 Å². The molecular formula is C16H19NO3. The van der Waals surface area contributed by atoms with Crippen LogP contribution < -0.4 is 0 Å². The Morgan fingerprint density at radius 1 is 1.40 bits per heavy atom. The van der Waals surface area contributed by atoms with Crippen LogP contribution in [0, 0.1) is 23.7 Å². The smallest absolute Gasteiger partial charge is 0.227 e. The molecule has 1 N–H and O–H groups in total. The van der Waals surface area contributed by atoms with Gasteiger partial charge in [0, 0.05) is 35.8 Å². The monoisotopic (exact) mass is 273 g/mol. The summed E-state index contributed by atoms with van der Waals surface area (Å²) in [4.78, 5) is 26.7. The van der Waals surface area contributed by atoms with E-state index in [0.29, 0.717) is 31.3 Å². The largest absolute Gasteiger partial charge is 0.512 e. The molecule has 1 saturated carbocycles. The van der Waals surface area contributed by atoms with E-state index >= 15 is 0 Å². The van der Waals surface area contributed by atoms with E-state index in [1.165, 1.54) is 0 Å². The molecule has 0 aromatic rings. The third-order valence-corrected chi connectivity index (χ3v) is 5.29. The standard InChI is InChI=1S/C16H19NO3/c1-3-9-17-13-8-7-12(19)14-11(18)6-4-5-10(15(17)20)16(13,14)2/h1,10,13,18H,4-9H2,2H3/t10-,13-,16-/m1/s1. The van der Waals surface area contributed by atoms with Gasteiger partial charge >= 0.3 is 0 Å². The molecule has 0 spiro atoms. The van der Waals surface area contributed by atoms with E-state index in [2.05, 4.69) is 5.92 Å². The number of allylic oxidation sites excluding steroid dienone is 1. The molecule has 1 amide bonds. The Bertz CT molecular complexity index is 557. The molecule has 4 nitrogen and oxygen atoms in total. The second-order valence-corrected chi connectivity index (χ2v) is 6.20. The summed E-state index contributed by atoms with van der Waals surface area (Å²) < 4.78 is 0. The molecule has 3 rings (SSSR count). The van der Waals surface area contributed by atoms with Crippen molar-refractivity contribution in [1.29, 1.82) is 0 Å². The maximum absolute atomic E-state index is 12.7. The number of hydrogen-bond donors (Lipinski definition) is 1. The maximum Gasteiger partial charge on any atom is 0.227 e. The summed E-state index contributed by atoms with van der Waals surface area (Å²) in [7, 11) is 0. The first-order chi connectivity index (χ1) is 9.51. The van der Waals surface area contributed by atoms with Gasteiger partial charge in [-0.3, -0.25) is 9.59 Å². The van der Waals surface area contributed by atoms with E-state index in [9.17, 15) is 14.7 Å². The SMILES string of the molecule is C#CCN1C(=O)[C@H]2CCCC(O)=C3C(=O)CC[C@@H]1[C@]32C. The minimum Gasteiger partial charge on any atom is -0.512 e. The van der Waals surface area contributed by atoms with Crippen LogP contribution in [0.1, 0.15) is 39.0 Å². The molecule has 1 aliphatic heterocycles. The second kappa shape index (κ2) is 4.37. The number of carbonyl (C=O) groups is 2. The predicted molar refractivity (Wildman–Crippen MR) is 73.7 cm³/mol. The molecule has 4 heteroatoms. The minimum absolute atomic E-state index is 0.00325. The minimum atomic E-state index is -0.566.